The minimum atomic E-state index is 0.277. The van der Waals surface area contributed by atoms with Crippen LogP contribution >= 0.6 is 0 Å². The van der Waals surface area contributed by atoms with E-state index in [4.69, 9.17) is 15.0 Å². The van der Waals surface area contributed by atoms with Gasteiger partial charge in [0, 0.05) is 17.8 Å². The summed E-state index contributed by atoms with van der Waals surface area (Å²) >= 11 is 0. The molecule has 0 spiro atoms. The van der Waals surface area contributed by atoms with Crippen molar-refractivity contribution in [2.45, 2.75) is 0 Å². The molecule has 0 aliphatic rings. The molecule has 5 nitrogen and oxygen atoms in total. The van der Waals surface area contributed by atoms with E-state index in [1.54, 1.807) is 31.6 Å². The van der Waals surface area contributed by atoms with E-state index in [0.29, 0.717) is 11.4 Å². The molecule has 0 bridgehead atoms. The zero-order valence-corrected chi connectivity index (χ0v) is 7.60. The quantitative estimate of drug-likeness (QED) is 0.775. The Bertz CT molecular complexity index is 439. The molecule has 14 heavy (non-hydrogen) atoms. The lowest BCUT2D eigenvalue weighted by Gasteiger charge is -2.02. The Balaban J connectivity index is 2.50. The fraction of sp³-hybridized carbons (Fsp3) is 0.111. The van der Waals surface area contributed by atoms with Crippen molar-refractivity contribution in [2.75, 3.05) is 12.8 Å². The lowest BCUT2D eigenvalue weighted by atomic mass is 10.2. The third kappa shape index (κ3) is 1.39. The Kier molecular flexibility index (Phi) is 2.06. The number of rotatable bonds is 2. The average Bonchev–Trinajstić information content (AvgIpc) is 2.65. The van der Waals surface area contributed by atoms with Crippen LogP contribution in [-0.2, 0) is 0 Å². The first-order valence-electron chi connectivity index (χ1n) is 4.02. The summed E-state index contributed by atoms with van der Waals surface area (Å²) in [5, 5.41) is 3.79. The van der Waals surface area contributed by atoms with Gasteiger partial charge in [-0.25, -0.2) is 0 Å². The smallest absolute Gasteiger partial charge is 0.222 e. The van der Waals surface area contributed by atoms with Crippen molar-refractivity contribution in [1.82, 2.24) is 10.1 Å². The van der Waals surface area contributed by atoms with Gasteiger partial charge in [0.15, 0.2) is 0 Å². The van der Waals surface area contributed by atoms with Crippen molar-refractivity contribution in [3.8, 4) is 17.0 Å². The van der Waals surface area contributed by atoms with Gasteiger partial charge in [-0.3, -0.25) is 4.98 Å². The molecule has 5 heteroatoms. The summed E-state index contributed by atoms with van der Waals surface area (Å²) in [7, 11) is 1.57. The summed E-state index contributed by atoms with van der Waals surface area (Å²) in [6.07, 6.45) is 3.27. The van der Waals surface area contributed by atoms with Crippen LogP contribution in [0.25, 0.3) is 11.3 Å². The molecule has 72 valence electrons. The number of ether oxygens (including phenoxy) is 1. The monoisotopic (exact) mass is 191 g/mol. The number of nitrogens with two attached hydrogens (primary N) is 1. The van der Waals surface area contributed by atoms with E-state index in [1.165, 1.54) is 0 Å². The highest BCUT2D eigenvalue weighted by Crippen LogP contribution is 2.28. The van der Waals surface area contributed by atoms with E-state index in [1.807, 2.05) is 0 Å². The number of hydrogen-bond acceptors (Lipinski definition) is 5. The molecule has 0 saturated heterocycles. The van der Waals surface area contributed by atoms with Crippen molar-refractivity contribution in [1.29, 1.82) is 0 Å². The van der Waals surface area contributed by atoms with Crippen LogP contribution in [0.3, 0.4) is 0 Å². The molecule has 2 N–H and O–H groups in total. The van der Waals surface area contributed by atoms with E-state index < -0.39 is 0 Å². The molecule has 0 unspecified atom stereocenters. The van der Waals surface area contributed by atoms with E-state index >= 15 is 0 Å². The van der Waals surface area contributed by atoms with Crippen LogP contribution in [0, 0.1) is 0 Å². The number of hydrogen-bond donors (Lipinski definition) is 1. The summed E-state index contributed by atoms with van der Waals surface area (Å²) < 4.78 is 9.89. The molecule has 2 rings (SSSR count). The average molecular weight is 191 g/mol. The van der Waals surface area contributed by atoms with Gasteiger partial charge in [0.25, 0.3) is 0 Å². The van der Waals surface area contributed by atoms with Crippen LogP contribution in [0.5, 0.6) is 5.75 Å². The number of aromatic nitrogens is 2. The second-order valence-electron chi connectivity index (χ2n) is 2.69. The number of nitrogen functional groups attached to an aromatic ring is 1. The minimum absolute atomic E-state index is 0.277. The number of nitrogens with zero attached hydrogens (tertiary/aromatic N) is 2. The summed E-state index contributed by atoms with van der Waals surface area (Å²) in [4.78, 5) is 3.93. The van der Waals surface area contributed by atoms with Gasteiger partial charge in [0.2, 0.25) is 5.88 Å². The summed E-state index contributed by atoms with van der Waals surface area (Å²) in [5.74, 6) is 0.916. The Labute approximate surface area is 80.5 Å². The van der Waals surface area contributed by atoms with Crippen molar-refractivity contribution in [3.63, 3.8) is 0 Å². The largest absolute Gasteiger partial charge is 0.494 e. The van der Waals surface area contributed by atoms with Crippen LogP contribution in [0.2, 0.25) is 0 Å². The molecule has 2 heterocycles. The van der Waals surface area contributed by atoms with Gasteiger partial charge in [-0.05, 0) is 6.07 Å². The van der Waals surface area contributed by atoms with E-state index in [9.17, 15) is 0 Å². The van der Waals surface area contributed by atoms with Gasteiger partial charge in [-0.1, -0.05) is 5.16 Å². The van der Waals surface area contributed by atoms with Crippen molar-refractivity contribution >= 4 is 5.88 Å². The second kappa shape index (κ2) is 3.37. The predicted octanol–water partition coefficient (Wildman–Crippen LogP) is 1.33. The van der Waals surface area contributed by atoms with Gasteiger partial charge < -0.3 is 15.0 Å². The normalized spacial score (nSPS) is 10.1. The second-order valence-corrected chi connectivity index (χ2v) is 2.69. The highest BCUT2D eigenvalue weighted by molar-refractivity contribution is 5.67. The maximum absolute atomic E-state index is 5.42. The maximum Gasteiger partial charge on any atom is 0.222 e. The molecule has 2 aromatic rings. The maximum atomic E-state index is 5.42. The molecule has 0 atom stereocenters. The number of anilines is 1. The summed E-state index contributed by atoms with van der Waals surface area (Å²) in [6, 6.07) is 3.42. The van der Waals surface area contributed by atoms with Crippen LogP contribution in [0.1, 0.15) is 0 Å². The Morgan fingerprint density at radius 2 is 2.36 bits per heavy atom. The van der Waals surface area contributed by atoms with Crippen LogP contribution in [0.15, 0.2) is 29.0 Å². The predicted molar refractivity (Wildman–Crippen MR) is 50.7 cm³/mol. The lowest BCUT2D eigenvalue weighted by Crippen LogP contribution is -1.88. The first kappa shape index (κ1) is 8.55. The van der Waals surface area contributed by atoms with Crippen LogP contribution in [0.4, 0.5) is 5.88 Å². The molecule has 2 aromatic heterocycles. The topological polar surface area (TPSA) is 74.2 Å². The number of methoxy groups -OCH3 is 1. The number of pyridine rings is 1. The van der Waals surface area contributed by atoms with Gasteiger partial charge in [0.05, 0.1) is 13.3 Å². The fourth-order valence-corrected chi connectivity index (χ4v) is 1.17. The highest BCUT2D eigenvalue weighted by Gasteiger charge is 2.09. The molecule has 0 fully saturated rings. The van der Waals surface area contributed by atoms with Gasteiger partial charge >= 0.3 is 0 Å². The third-order valence-electron chi connectivity index (χ3n) is 1.81. The minimum Gasteiger partial charge on any atom is -0.494 e. The van der Waals surface area contributed by atoms with Gasteiger partial charge in [-0.2, -0.15) is 0 Å². The molecular weight excluding hydrogens is 182 g/mol. The standard InChI is InChI=1S/C9H9N3O2/c1-13-8-5-11-3-2-6(8)7-4-9(10)14-12-7/h2-5H,10H2,1H3. The highest BCUT2D eigenvalue weighted by atomic mass is 16.5. The van der Waals surface area contributed by atoms with E-state index in [0.717, 1.165) is 5.56 Å². The van der Waals surface area contributed by atoms with E-state index in [2.05, 4.69) is 10.1 Å². The fourth-order valence-electron chi connectivity index (χ4n) is 1.17. The van der Waals surface area contributed by atoms with Gasteiger partial charge in [-0.15, -0.1) is 0 Å². The molecule has 0 aliphatic carbocycles. The molecule has 0 radical (unpaired) electrons. The van der Waals surface area contributed by atoms with Crippen LogP contribution < -0.4 is 10.5 Å². The molecule has 0 saturated carbocycles. The zero-order valence-electron chi connectivity index (χ0n) is 7.60. The lowest BCUT2D eigenvalue weighted by molar-refractivity contribution is 0.412. The van der Waals surface area contributed by atoms with Crippen molar-refractivity contribution in [2.24, 2.45) is 0 Å². The Morgan fingerprint density at radius 3 is 3.00 bits per heavy atom. The van der Waals surface area contributed by atoms with E-state index in [-0.39, 0.29) is 5.88 Å². The van der Waals surface area contributed by atoms with Gasteiger partial charge in [0.1, 0.15) is 11.4 Å². The molecule has 0 amide bonds. The Morgan fingerprint density at radius 1 is 1.50 bits per heavy atom. The van der Waals surface area contributed by atoms with Crippen molar-refractivity contribution < 1.29 is 9.26 Å². The summed E-state index contributed by atoms with van der Waals surface area (Å²) in [6.45, 7) is 0. The van der Waals surface area contributed by atoms with Crippen molar-refractivity contribution in [3.05, 3.63) is 24.5 Å². The zero-order chi connectivity index (χ0) is 9.97. The molecule has 0 aliphatic heterocycles. The van der Waals surface area contributed by atoms with Crippen LogP contribution in [-0.4, -0.2) is 17.3 Å². The molecule has 0 aromatic carbocycles. The first-order chi connectivity index (χ1) is 6.81. The SMILES string of the molecule is COc1cnccc1-c1cc(N)on1. The summed E-state index contributed by atoms with van der Waals surface area (Å²) in [5.41, 5.74) is 6.87. The molecular formula is C9H9N3O2. The Hall–Kier alpha value is -2.04. The first-order valence-corrected chi connectivity index (χ1v) is 4.02. The third-order valence-corrected chi connectivity index (χ3v) is 1.81.